The summed E-state index contributed by atoms with van der Waals surface area (Å²) in [5, 5.41) is 6.90. The fourth-order valence-electron chi connectivity index (χ4n) is 3.68. The molecule has 7 heteroatoms. The van der Waals surface area contributed by atoms with Gasteiger partial charge in [0.15, 0.2) is 5.96 Å². The van der Waals surface area contributed by atoms with Gasteiger partial charge in [0.05, 0.1) is 12.1 Å². The van der Waals surface area contributed by atoms with E-state index in [9.17, 15) is 0 Å². The number of nitrogens with zero attached hydrogens (tertiary/aromatic N) is 2. The highest BCUT2D eigenvalue weighted by atomic mass is 127. The van der Waals surface area contributed by atoms with Crippen LogP contribution in [0.25, 0.3) is 0 Å². The third-order valence-corrected chi connectivity index (χ3v) is 5.78. The first-order chi connectivity index (χ1) is 12.6. The van der Waals surface area contributed by atoms with Crippen LogP contribution in [0.5, 0.6) is 0 Å². The summed E-state index contributed by atoms with van der Waals surface area (Å²) in [4.78, 5) is 7.23. The van der Waals surface area contributed by atoms with E-state index < -0.39 is 0 Å². The first-order valence-electron chi connectivity index (χ1n) is 9.75. The molecule has 0 aromatic heterocycles. The third kappa shape index (κ3) is 6.78. The molecule has 2 N–H and O–H groups in total. The Kier molecular flexibility index (Phi) is 9.14. The van der Waals surface area contributed by atoms with Crippen molar-refractivity contribution in [2.75, 3.05) is 44.2 Å². The molecule has 2 fully saturated rings. The summed E-state index contributed by atoms with van der Waals surface area (Å²) in [5.41, 5.74) is 1.22. The summed E-state index contributed by atoms with van der Waals surface area (Å²) in [6.07, 6.45) is 3.45. The molecule has 2 saturated heterocycles. The molecule has 0 spiro atoms. The van der Waals surface area contributed by atoms with E-state index in [1.54, 1.807) is 0 Å². The second-order valence-corrected chi connectivity index (χ2v) is 8.47. The molecule has 0 aliphatic carbocycles. The Hall–Kier alpha value is -0.540. The SMILES string of the molecule is CCNC(=NCC1(C)CCCO1)NCC1CCN(c2ccc(Br)cc2)C1.I. The van der Waals surface area contributed by atoms with E-state index in [2.05, 4.69) is 69.6 Å². The average molecular weight is 551 g/mol. The van der Waals surface area contributed by atoms with E-state index in [1.807, 2.05) is 0 Å². The van der Waals surface area contributed by atoms with Crippen LogP contribution in [0.3, 0.4) is 0 Å². The third-order valence-electron chi connectivity index (χ3n) is 5.25. The Labute approximate surface area is 188 Å². The van der Waals surface area contributed by atoms with Crippen LogP contribution in [0.15, 0.2) is 33.7 Å². The van der Waals surface area contributed by atoms with Gasteiger partial charge in [-0.25, -0.2) is 0 Å². The minimum atomic E-state index is -0.0892. The molecular formula is C20H32BrIN4O. The molecule has 5 nitrogen and oxygen atoms in total. The van der Waals surface area contributed by atoms with E-state index in [-0.39, 0.29) is 29.6 Å². The minimum Gasteiger partial charge on any atom is -0.373 e. The summed E-state index contributed by atoms with van der Waals surface area (Å²) in [5.74, 6) is 1.55. The monoisotopic (exact) mass is 550 g/mol. The van der Waals surface area contributed by atoms with Crippen LogP contribution < -0.4 is 15.5 Å². The van der Waals surface area contributed by atoms with Crippen molar-refractivity contribution in [2.24, 2.45) is 10.9 Å². The van der Waals surface area contributed by atoms with Crippen LogP contribution in [0.1, 0.15) is 33.1 Å². The van der Waals surface area contributed by atoms with Crippen molar-refractivity contribution in [2.45, 2.75) is 38.7 Å². The van der Waals surface area contributed by atoms with Gasteiger partial charge in [-0.3, -0.25) is 4.99 Å². The van der Waals surface area contributed by atoms with Gasteiger partial charge in [-0.1, -0.05) is 15.9 Å². The molecule has 2 heterocycles. The van der Waals surface area contributed by atoms with Gasteiger partial charge in [-0.2, -0.15) is 0 Å². The smallest absolute Gasteiger partial charge is 0.191 e. The number of nitrogens with one attached hydrogen (secondary N) is 2. The Bertz CT molecular complexity index is 605. The van der Waals surface area contributed by atoms with Gasteiger partial charge in [-0.15, -0.1) is 24.0 Å². The highest BCUT2D eigenvalue weighted by molar-refractivity contribution is 14.0. The van der Waals surface area contributed by atoms with Crippen molar-refractivity contribution in [3.63, 3.8) is 0 Å². The number of anilines is 1. The molecule has 2 aliphatic rings. The largest absolute Gasteiger partial charge is 0.373 e. The van der Waals surface area contributed by atoms with E-state index in [1.165, 1.54) is 12.1 Å². The number of aliphatic imine (C=N–C) groups is 1. The molecule has 2 unspecified atom stereocenters. The number of ether oxygens (including phenoxy) is 1. The summed E-state index contributed by atoms with van der Waals surface area (Å²) in [6.45, 7) is 9.90. The summed E-state index contributed by atoms with van der Waals surface area (Å²) >= 11 is 3.51. The molecule has 2 atom stereocenters. The minimum absolute atomic E-state index is 0. The zero-order valence-corrected chi connectivity index (χ0v) is 20.3. The van der Waals surface area contributed by atoms with E-state index in [0.717, 1.165) is 62.6 Å². The first kappa shape index (κ1) is 22.7. The fourth-order valence-corrected chi connectivity index (χ4v) is 3.94. The van der Waals surface area contributed by atoms with E-state index in [4.69, 9.17) is 9.73 Å². The predicted molar refractivity (Wildman–Crippen MR) is 127 cm³/mol. The molecule has 0 amide bonds. The lowest BCUT2D eigenvalue weighted by molar-refractivity contribution is 0.0283. The highest BCUT2D eigenvalue weighted by Crippen LogP contribution is 2.26. The molecule has 1 aromatic carbocycles. The maximum Gasteiger partial charge on any atom is 0.191 e. The second kappa shape index (κ2) is 10.9. The lowest BCUT2D eigenvalue weighted by Gasteiger charge is -2.22. The number of halogens is 2. The van der Waals surface area contributed by atoms with E-state index >= 15 is 0 Å². The molecule has 1 aromatic rings. The van der Waals surface area contributed by atoms with Crippen LogP contribution in [0.4, 0.5) is 5.69 Å². The number of hydrogen-bond acceptors (Lipinski definition) is 3. The quantitative estimate of drug-likeness (QED) is 0.319. The van der Waals surface area contributed by atoms with Gasteiger partial charge in [0, 0.05) is 42.9 Å². The van der Waals surface area contributed by atoms with Crippen LogP contribution in [0.2, 0.25) is 0 Å². The predicted octanol–water partition coefficient (Wildman–Crippen LogP) is 4.02. The highest BCUT2D eigenvalue weighted by Gasteiger charge is 2.29. The molecule has 2 aliphatic heterocycles. The second-order valence-electron chi connectivity index (χ2n) is 7.56. The van der Waals surface area contributed by atoms with Crippen molar-refractivity contribution in [1.82, 2.24) is 10.6 Å². The Morgan fingerprint density at radius 1 is 1.33 bits per heavy atom. The van der Waals surface area contributed by atoms with Crippen molar-refractivity contribution in [3.8, 4) is 0 Å². The number of rotatable bonds is 6. The van der Waals surface area contributed by atoms with E-state index in [0.29, 0.717) is 5.92 Å². The zero-order chi connectivity index (χ0) is 18.4. The Balaban J connectivity index is 0.00000261. The molecule has 0 bridgehead atoms. The van der Waals surface area contributed by atoms with Gasteiger partial charge >= 0.3 is 0 Å². The number of benzene rings is 1. The molecule has 27 heavy (non-hydrogen) atoms. The van der Waals surface area contributed by atoms with Gasteiger partial charge < -0.3 is 20.3 Å². The topological polar surface area (TPSA) is 48.9 Å². The van der Waals surface area contributed by atoms with Crippen LogP contribution >= 0.6 is 39.9 Å². The Morgan fingerprint density at radius 2 is 2.11 bits per heavy atom. The summed E-state index contributed by atoms with van der Waals surface area (Å²) in [7, 11) is 0. The fraction of sp³-hybridized carbons (Fsp3) is 0.650. The van der Waals surface area contributed by atoms with Crippen molar-refractivity contribution in [1.29, 1.82) is 0 Å². The molecule has 3 rings (SSSR count). The molecule has 0 saturated carbocycles. The number of guanidine groups is 1. The maximum atomic E-state index is 5.85. The van der Waals surface area contributed by atoms with Gasteiger partial charge in [0.2, 0.25) is 0 Å². The standard InChI is InChI=1S/C20H31BrN4O.HI/c1-3-22-19(24-15-20(2)10-4-12-26-20)23-13-16-9-11-25(14-16)18-7-5-17(21)6-8-18;/h5-8,16H,3-4,9-15H2,1-2H3,(H2,22,23,24);1H. The van der Waals surface area contributed by atoms with Crippen molar-refractivity contribution < 1.29 is 4.74 Å². The maximum absolute atomic E-state index is 5.85. The van der Waals surface area contributed by atoms with Crippen molar-refractivity contribution in [3.05, 3.63) is 28.7 Å². The average Bonchev–Trinajstić information content (AvgIpc) is 3.28. The molecule has 0 radical (unpaired) electrons. The zero-order valence-electron chi connectivity index (χ0n) is 16.3. The van der Waals surface area contributed by atoms with Crippen molar-refractivity contribution >= 4 is 51.6 Å². The summed E-state index contributed by atoms with van der Waals surface area (Å²) in [6, 6.07) is 8.60. The van der Waals surface area contributed by atoms with Gasteiger partial charge in [0.1, 0.15) is 0 Å². The van der Waals surface area contributed by atoms with Crippen LogP contribution in [-0.4, -0.2) is 50.9 Å². The molecule has 152 valence electrons. The lowest BCUT2D eigenvalue weighted by Crippen LogP contribution is -2.41. The van der Waals surface area contributed by atoms with Gasteiger partial charge in [0.25, 0.3) is 0 Å². The normalized spacial score (nSPS) is 25.4. The molecular weight excluding hydrogens is 519 g/mol. The van der Waals surface area contributed by atoms with Crippen LogP contribution in [-0.2, 0) is 4.74 Å². The van der Waals surface area contributed by atoms with Gasteiger partial charge in [-0.05, 0) is 63.3 Å². The number of hydrogen-bond donors (Lipinski definition) is 2. The lowest BCUT2D eigenvalue weighted by atomic mass is 10.0. The Morgan fingerprint density at radius 3 is 2.78 bits per heavy atom. The van der Waals surface area contributed by atoms with Crippen LogP contribution in [0, 0.1) is 5.92 Å². The first-order valence-corrected chi connectivity index (χ1v) is 10.5. The summed E-state index contributed by atoms with van der Waals surface area (Å²) < 4.78 is 6.98.